The Bertz CT molecular complexity index is 609. The van der Waals surface area contributed by atoms with Crippen LogP contribution in [0.4, 0.5) is 4.39 Å². The lowest BCUT2D eigenvalue weighted by atomic mass is 10.1. The van der Waals surface area contributed by atoms with E-state index in [9.17, 15) is 14.0 Å². The monoisotopic (exact) mass is 289 g/mol. The molecule has 2 rings (SSSR count). The third-order valence-corrected chi connectivity index (χ3v) is 3.42. The second-order valence-electron chi connectivity index (χ2n) is 4.94. The summed E-state index contributed by atoms with van der Waals surface area (Å²) in [7, 11) is 0. The number of piperazine rings is 1. The Morgan fingerprint density at radius 1 is 1.24 bits per heavy atom. The fraction of sp³-hybridized carbons (Fsp3) is 0.400. The highest BCUT2D eigenvalue weighted by atomic mass is 19.1. The van der Waals surface area contributed by atoms with Gasteiger partial charge in [0.15, 0.2) is 0 Å². The molecule has 1 saturated heterocycles. The van der Waals surface area contributed by atoms with Crippen LogP contribution in [0.3, 0.4) is 0 Å². The molecule has 21 heavy (non-hydrogen) atoms. The standard InChI is InChI=1S/C15H16FN3O2/c1-2-5-18-6-7-19(15(21)14(18)20)10-11-3-4-13(16)12(8-11)9-17/h3-4,8H,2,5-7,10H2,1H3. The molecule has 0 bridgehead atoms. The minimum Gasteiger partial charge on any atom is -0.333 e. The SMILES string of the molecule is CCCN1CCN(Cc2ccc(F)c(C#N)c2)C(=O)C1=O. The van der Waals surface area contributed by atoms with Crippen LogP contribution in [0.2, 0.25) is 0 Å². The molecule has 2 amide bonds. The molecule has 110 valence electrons. The van der Waals surface area contributed by atoms with Crippen LogP contribution < -0.4 is 0 Å². The van der Waals surface area contributed by atoms with Crippen molar-refractivity contribution < 1.29 is 14.0 Å². The van der Waals surface area contributed by atoms with E-state index >= 15 is 0 Å². The molecule has 0 radical (unpaired) electrons. The van der Waals surface area contributed by atoms with Gasteiger partial charge in [-0.05, 0) is 24.1 Å². The van der Waals surface area contributed by atoms with Crippen LogP contribution in [0.1, 0.15) is 24.5 Å². The summed E-state index contributed by atoms with van der Waals surface area (Å²) in [5, 5.41) is 8.81. The van der Waals surface area contributed by atoms with Gasteiger partial charge in [-0.25, -0.2) is 4.39 Å². The molecule has 1 aromatic rings. The quantitative estimate of drug-likeness (QED) is 0.784. The highest BCUT2D eigenvalue weighted by Gasteiger charge is 2.31. The van der Waals surface area contributed by atoms with E-state index in [-0.39, 0.29) is 12.1 Å². The molecule has 1 aliphatic heterocycles. The predicted octanol–water partition coefficient (Wildman–Crippen LogP) is 1.28. The smallest absolute Gasteiger partial charge is 0.312 e. The number of carbonyl (C=O) groups excluding carboxylic acids is 2. The van der Waals surface area contributed by atoms with Crippen molar-refractivity contribution in [2.75, 3.05) is 19.6 Å². The molecule has 0 saturated carbocycles. The van der Waals surface area contributed by atoms with Crippen LogP contribution >= 0.6 is 0 Å². The fourth-order valence-electron chi connectivity index (χ4n) is 2.33. The first-order chi connectivity index (χ1) is 10.1. The largest absolute Gasteiger partial charge is 0.333 e. The maximum absolute atomic E-state index is 13.3. The normalized spacial score (nSPS) is 15.3. The van der Waals surface area contributed by atoms with Gasteiger partial charge in [0.25, 0.3) is 0 Å². The number of halogens is 1. The summed E-state index contributed by atoms with van der Waals surface area (Å²) >= 11 is 0. The zero-order valence-electron chi connectivity index (χ0n) is 11.8. The summed E-state index contributed by atoms with van der Waals surface area (Å²) < 4.78 is 13.3. The number of hydrogen-bond donors (Lipinski definition) is 0. The maximum Gasteiger partial charge on any atom is 0.312 e. The lowest BCUT2D eigenvalue weighted by Crippen LogP contribution is -2.53. The van der Waals surface area contributed by atoms with Crippen molar-refractivity contribution in [2.24, 2.45) is 0 Å². The lowest BCUT2D eigenvalue weighted by molar-refractivity contribution is -0.156. The Kier molecular flexibility index (Phi) is 4.53. The molecule has 6 heteroatoms. The van der Waals surface area contributed by atoms with Crippen molar-refractivity contribution in [1.82, 2.24) is 9.80 Å². The Morgan fingerprint density at radius 3 is 2.57 bits per heavy atom. The third-order valence-electron chi connectivity index (χ3n) is 3.42. The summed E-state index contributed by atoms with van der Waals surface area (Å²) in [6, 6.07) is 5.89. The van der Waals surface area contributed by atoms with Gasteiger partial charge in [0.1, 0.15) is 11.9 Å². The lowest BCUT2D eigenvalue weighted by Gasteiger charge is -2.33. The maximum atomic E-state index is 13.3. The number of rotatable bonds is 4. The highest BCUT2D eigenvalue weighted by Crippen LogP contribution is 2.14. The van der Waals surface area contributed by atoms with E-state index in [0.29, 0.717) is 25.2 Å². The number of hydrogen-bond acceptors (Lipinski definition) is 3. The molecule has 5 nitrogen and oxygen atoms in total. The van der Waals surface area contributed by atoms with Crippen molar-refractivity contribution in [3.63, 3.8) is 0 Å². The van der Waals surface area contributed by atoms with Gasteiger partial charge in [-0.15, -0.1) is 0 Å². The summed E-state index contributed by atoms with van der Waals surface area (Å²) in [6.45, 7) is 3.69. The van der Waals surface area contributed by atoms with Crippen molar-refractivity contribution in [3.8, 4) is 6.07 Å². The van der Waals surface area contributed by atoms with E-state index in [0.717, 1.165) is 6.42 Å². The van der Waals surface area contributed by atoms with Crippen molar-refractivity contribution >= 4 is 11.8 Å². The molecule has 0 spiro atoms. The van der Waals surface area contributed by atoms with Gasteiger partial charge in [-0.2, -0.15) is 5.26 Å². The minimum absolute atomic E-state index is 0.0594. The average molecular weight is 289 g/mol. The summed E-state index contributed by atoms with van der Waals surface area (Å²) in [5.41, 5.74) is 0.578. The molecule has 1 aromatic carbocycles. The van der Waals surface area contributed by atoms with Gasteiger partial charge in [-0.1, -0.05) is 13.0 Å². The topological polar surface area (TPSA) is 64.4 Å². The van der Waals surface area contributed by atoms with Gasteiger partial charge < -0.3 is 9.80 Å². The molecule has 0 aliphatic carbocycles. The van der Waals surface area contributed by atoms with E-state index in [1.807, 2.05) is 6.92 Å². The zero-order chi connectivity index (χ0) is 15.4. The molecule has 1 aliphatic rings. The molecule has 1 fully saturated rings. The van der Waals surface area contributed by atoms with Crippen LogP contribution in [0.15, 0.2) is 18.2 Å². The van der Waals surface area contributed by atoms with Gasteiger partial charge in [0, 0.05) is 26.2 Å². The summed E-state index contributed by atoms with van der Waals surface area (Å²) in [4.78, 5) is 26.9. The van der Waals surface area contributed by atoms with Crippen molar-refractivity contribution in [1.29, 1.82) is 5.26 Å². The molecule has 0 aromatic heterocycles. The van der Waals surface area contributed by atoms with Crippen LogP contribution in [0.5, 0.6) is 0 Å². The van der Waals surface area contributed by atoms with Gasteiger partial charge in [0.05, 0.1) is 5.56 Å². The first-order valence-electron chi connectivity index (χ1n) is 6.83. The van der Waals surface area contributed by atoms with Gasteiger partial charge in [-0.3, -0.25) is 9.59 Å². The van der Waals surface area contributed by atoms with Crippen LogP contribution in [0, 0.1) is 17.1 Å². The Morgan fingerprint density at radius 2 is 1.90 bits per heavy atom. The van der Waals surface area contributed by atoms with Gasteiger partial charge >= 0.3 is 11.8 Å². The van der Waals surface area contributed by atoms with Crippen LogP contribution in [-0.2, 0) is 16.1 Å². The molecular formula is C15H16FN3O2. The number of amides is 2. The average Bonchev–Trinajstić information content (AvgIpc) is 2.49. The number of nitriles is 1. The number of carbonyl (C=O) groups is 2. The Balaban J connectivity index is 2.09. The second-order valence-corrected chi connectivity index (χ2v) is 4.94. The van der Waals surface area contributed by atoms with Crippen molar-refractivity contribution in [2.45, 2.75) is 19.9 Å². The first kappa shape index (κ1) is 15.0. The molecule has 0 atom stereocenters. The van der Waals surface area contributed by atoms with Crippen molar-refractivity contribution in [3.05, 3.63) is 35.1 Å². The number of nitrogens with zero attached hydrogens (tertiary/aromatic N) is 3. The predicted molar refractivity (Wildman–Crippen MR) is 73.4 cm³/mol. The van der Waals surface area contributed by atoms with E-state index in [2.05, 4.69) is 0 Å². The summed E-state index contributed by atoms with van der Waals surface area (Å²) in [6.07, 6.45) is 0.808. The first-order valence-corrected chi connectivity index (χ1v) is 6.83. The Labute approximate surface area is 122 Å². The van der Waals surface area contributed by atoms with Gasteiger partial charge in [0.2, 0.25) is 0 Å². The van der Waals surface area contributed by atoms with E-state index < -0.39 is 17.6 Å². The van der Waals surface area contributed by atoms with E-state index in [4.69, 9.17) is 5.26 Å². The molecule has 0 N–H and O–H groups in total. The van der Waals surface area contributed by atoms with E-state index in [1.165, 1.54) is 23.1 Å². The number of benzene rings is 1. The zero-order valence-corrected chi connectivity index (χ0v) is 11.8. The van der Waals surface area contributed by atoms with Crippen LogP contribution in [-0.4, -0.2) is 41.2 Å². The Hall–Kier alpha value is -2.42. The molecule has 1 heterocycles. The minimum atomic E-state index is -0.587. The molecular weight excluding hydrogens is 273 g/mol. The highest BCUT2D eigenvalue weighted by molar-refractivity contribution is 6.35. The molecule has 0 unspecified atom stereocenters. The fourth-order valence-corrected chi connectivity index (χ4v) is 2.33. The van der Waals surface area contributed by atoms with E-state index in [1.54, 1.807) is 11.0 Å². The third kappa shape index (κ3) is 3.19. The summed E-state index contributed by atoms with van der Waals surface area (Å²) in [5.74, 6) is -1.63. The van der Waals surface area contributed by atoms with Crippen LogP contribution in [0.25, 0.3) is 0 Å². The second kappa shape index (κ2) is 6.35.